The van der Waals surface area contributed by atoms with E-state index in [1.165, 1.54) is 54.6 Å². The second kappa shape index (κ2) is 13.2. The van der Waals surface area contributed by atoms with Crippen LogP contribution in [-0.4, -0.2) is 0 Å². The van der Waals surface area contributed by atoms with Crippen molar-refractivity contribution in [1.82, 2.24) is 0 Å². The van der Waals surface area contributed by atoms with Gasteiger partial charge in [0.25, 0.3) is 0 Å². The molecule has 0 fully saturated rings. The fourth-order valence-electron chi connectivity index (χ4n) is 8.31. The number of benzene rings is 10. The first-order valence-electron chi connectivity index (χ1n) is 19.2. The molecule has 2 heteroatoms. The first-order chi connectivity index (χ1) is 27.7. The monoisotopic (exact) mass is 713 g/mol. The predicted molar refractivity (Wildman–Crippen MR) is 237 cm³/mol. The first kappa shape index (κ1) is 32.0. The Kier molecular flexibility index (Phi) is 7.53. The molecular weight excluding hydrogens is 679 g/mol. The Morgan fingerprint density at radius 2 is 0.732 bits per heavy atom. The van der Waals surface area contributed by atoms with Gasteiger partial charge in [0.1, 0.15) is 11.2 Å². The van der Waals surface area contributed by atoms with E-state index in [9.17, 15) is 0 Å². The summed E-state index contributed by atoms with van der Waals surface area (Å²) in [6.45, 7) is 0. The van der Waals surface area contributed by atoms with Gasteiger partial charge in [0.2, 0.25) is 0 Å². The molecule has 0 unspecified atom stereocenters. The highest BCUT2D eigenvalue weighted by molar-refractivity contribution is 6.11. The molecule has 0 aliphatic carbocycles. The van der Waals surface area contributed by atoms with Crippen LogP contribution in [0.25, 0.3) is 87.6 Å². The molecule has 11 rings (SSSR count). The molecule has 0 spiro atoms. The zero-order valence-electron chi connectivity index (χ0n) is 30.6. The van der Waals surface area contributed by atoms with Crippen LogP contribution in [0.3, 0.4) is 0 Å². The van der Waals surface area contributed by atoms with Crippen molar-refractivity contribution in [3.05, 3.63) is 212 Å². The molecule has 0 amide bonds. The SMILES string of the molecule is c1ccc(N(c2ccc(-c3ccc4ccccc4c3)cc2)c2ccc(-c3ccc4ccccc4c3)cc2)c(-c2ccc3oc4cc5ccccc5cc4c3c2)c1. The Morgan fingerprint density at radius 1 is 0.286 bits per heavy atom. The van der Waals surface area contributed by atoms with Gasteiger partial charge in [-0.05, 0) is 127 Å². The Hall–Kier alpha value is -7.42. The molecule has 0 atom stereocenters. The zero-order valence-corrected chi connectivity index (χ0v) is 30.6. The number of fused-ring (bicyclic) bond motifs is 6. The minimum Gasteiger partial charge on any atom is -0.456 e. The topological polar surface area (TPSA) is 16.4 Å². The van der Waals surface area contributed by atoms with Gasteiger partial charge in [-0.25, -0.2) is 0 Å². The van der Waals surface area contributed by atoms with Crippen LogP contribution >= 0.6 is 0 Å². The summed E-state index contributed by atoms with van der Waals surface area (Å²) >= 11 is 0. The first-order valence-corrected chi connectivity index (χ1v) is 19.2. The lowest BCUT2D eigenvalue weighted by molar-refractivity contribution is 0.669. The predicted octanol–water partition coefficient (Wildman–Crippen LogP) is 15.5. The number of anilines is 3. The Morgan fingerprint density at radius 3 is 1.32 bits per heavy atom. The van der Waals surface area contributed by atoms with Gasteiger partial charge >= 0.3 is 0 Å². The van der Waals surface area contributed by atoms with E-state index in [4.69, 9.17) is 4.42 Å². The van der Waals surface area contributed by atoms with E-state index in [1.54, 1.807) is 0 Å². The molecule has 1 heterocycles. The lowest BCUT2D eigenvalue weighted by atomic mass is 9.98. The maximum atomic E-state index is 6.40. The summed E-state index contributed by atoms with van der Waals surface area (Å²) in [5.41, 5.74) is 12.1. The van der Waals surface area contributed by atoms with Gasteiger partial charge in [0.15, 0.2) is 0 Å². The third-order valence-electron chi connectivity index (χ3n) is 11.2. The highest BCUT2D eigenvalue weighted by Gasteiger charge is 2.19. The average Bonchev–Trinajstić information content (AvgIpc) is 3.62. The van der Waals surface area contributed by atoms with Crippen LogP contribution in [0, 0.1) is 0 Å². The van der Waals surface area contributed by atoms with Gasteiger partial charge in [0, 0.05) is 27.7 Å². The number of nitrogens with zero attached hydrogens (tertiary/aromatic N) is 1. The second-order valence-corrected chi connectivity index (χ2v) is 14.6. The maximum Gasteiger partial charge on any atom is 0.136 e. The number of rotatable bonds is 6. The van der Waals surface area contributed by atoms with Crippen molar-refractivity contribution in [3.63, 3.8) is 0 Å². The summed E-state index contributed by atoms with van der Waals surface area (Å²) in [4.78, 5) is 2.38. The van der Waals surface area contributed by atoms with Gasteiger partial charge in [-0.1, -0.05) is 146 Å². The Labute approximate surface area is 325 Å². The van der Waals surface area contributed by atoms with Crippen LogP contribution in [0.4, 0.5) is 17.1 Å². The van der Waals surface area contributed by atoms with Crippen molar-refractivity contribution in [2.24, 2.45) is 0 Å². The fraction of sp³-hybridized carbons (Fsp3) is 0. The summed E-state index contributed by atoms with van der Waals surface area (Å²) in [6, 6.07) is 76.7. The van der Waals surface area contributed by atoms with Gasteiger partial charge in [-0.15, -0.1) is 0 Å². The molecule has 10 aromatic carbocycles. The average molecular weight is 714 g/mol. The van der Waals surface area contributed by atoms with Gasteiger partial charge in [-0.3, -0.25) is 0 Å². The molecule has 0 bridgehead atoms. The molecule has 1 aromatic heterocycles. The van der Waals surface area contributed by atoms with Crippen LogP contribution in [0.15, 0.2) is 217 Å². The zero-order chi connectivity index (χ0) is 37.0. The number of furan rings is 1. The van der Waals surface area contributed by atoms with Crippen molar-refractivity contribution >= 4 is 71.3 Å². The normalized spacial score (nSPS) is 11.6. The summed E-state index contributed by atoms with van der Waals surface area (Å²) in [5, 5.41) is 9.61. The fourth-order valence-corrected chi connectivity index (χ4v) is 8.31. The molecule has 262 valence electrons. The minimum atomic E-state index is 0.891. The minimum absolute atomic E-state index is 0.891. The van der Waals surface area contributed by atoms with Gasteiger partial charge in [0.05, 0.1) is 5.69 Å². The van der Waals surface area contributed by atoms with E-state index < -0.39 is 0 Å². The maximum absolute atomic E-state index is 6.40. The van der Waals surface area contributed by atoms with E-state index in [1.807, 2.05) is 0 Å². The third-order valence-corrected chi connectivity index (χ3v) is 11.2. The Balaban J connectivity index is 1.04. The van der Waals surface area contributed by atoms with Crippen molar-refractivity contribution in [2.45, 2.75) is 0 Å². The third kappa shape index (κ3) is 5.59. The van der Waals surface area contributed by atoms with E-state index >= 15 is 0 Å². The van der Waals surface area contributed by atoms with E-state index in [-0.39, 0.29) is 0 Å². The molecule has 0 N–H and O–H groups in total. The van der Waals surface area contributed by atoms with E-state index in [0.717, 1.165) is 50.1 Å². The van der Waals surface area contributed by atoms with Gasteiger partial charge in [-0.2, -0.15) is 0 Å². The lowest BCUT2D eigenvalue weighted by Crippen LogP contribution is -2.11. The second-order valence-electron chi connectivity index (χ2n) is 14.6. The molecule has 0 aliphatic rings. The van der Waals surface area contributed by atoms with E-state index in [2.05, 4.69) is 217 Å². The highest BCUT2D eigenvalue weighted by atomic mass is 16.3. The number of hydrogen-bond acceptors (Lipinski definition) is 2. The molecule has 56 heavy (non-hydrogen) atoms. The lowest BCUT2D eigenvalue weighted by Gasteiger charge is -2.28. The summed E-state index contributed by atoms with van der Waals surface area (Å²) in [6.07, 6.45) is 0. The van der Waals surface area contributed by atoms with Crippen LogP contribution in [-0.2, 0) is 0 Å². The van der Waals surface area contributed by atoms with Crippen molar-refractivity contribution < 1.29 is 4.42 Å². The smallest absolute Gasteiger partial charge is 0.136 e. The van der Waals surface area contributed by atoms with Crippen LogP contribution in [0.1, 0.15) is 0 Å². The molecular formula is C54H35NO. The van der Waals surface area contributed by atoms with Crippen LogP contribution in [0.2, 0.25) is 0 Å². The number of para-hydroxylation sites is 1. The molecule has 0 saturated carbocycles. The molecule has 0 radical (unpaired) electrons. The molecule has 0 aliphatic heterocycles. The van der Waals surface area contributed by atoms with E-state index in [0.29, 0.717) is 0 Å². The molecule has 11 aromatic rings. The molecule has 2 nitrogen and oxygen atoms in total. The summed E-state index contributed by atoms with van der Waals surface area (Å²) in [7, 11) is 0. The van der Waals surface area contributed by atoms with Crippen LogP contribution < -0.4 is 4.90 Å². The van der Waals surface area contributed by atoms with Crippen LogP contribution in [0.5, 0.6) is 0 Å². The molecule has 0 saturated heterocycles. The summed E-state index contributed by atoms with van der Waals surface area (Å²) in [5.74, 6) is 0. The standard InChI is InChI=1S/C54H35NO/c1-3-11-40-31-44(19-17-36(40)9-1)38-21-26-47(27-22-38)55(48-28-23-39(24-29-48)45-20-18-37-10-2-4-12-41(37)32-45)52-16-8-7-15-49(52)46-25-30-53-50(34-46)51-33-42-13-5-6-14-43(42)35-54(51)56-53/h1-35H. The number of hydrogen-bond donors (Lipinski definition) is 0. The quantitative estimate of drug-likeness (QED) is 0.171. The van der Waals surface area contributed by atoms with Crippen molar-refractivity contribution in [3.8, 4) is 33.4 Å². The largest absolute Gasteiger partial charge is 0.456 e. The highest BCUT2D eigenvalue weighted by Crippen LogP contribution is 2.43. The van der Waals surface area contributed by atoms with Gasteiger partial charge < -0.3 is 9.32 Å². The van der Waals surface area contributed by atoms with Crippen molar-refractivity contribution in [1.29, 1.82) is 0 Å². The Bertz CT molecular complexity index is 3120. The summed E-state index contributed by atoms with van der Waals surface area (Å²) < 4.78 is 6.40. The van der Waals surface area contributed by atoms with Crippen molar-refractivity contribution in [2.75, 3.05) is 4.90 Å².